The zero-order valence-electron chi connectivity index (χ0n) is 20.6. The summed E-state index contributed by atoms with van der Waals surface area (Å²) in [5.41, 5.74) is 6.51. The van der Waals surface area contributed by atoms with Crippen molar-refractivity contribution in [2.24, 2.45) is 0 Å². The number of pyridine rings is 3. The molecule has 186 valence electrons. The van der Waals surface area contributed by atoms with Crippen molar-refractivity contribution in [3.8, 4) is 33.8 Å². The summed E-state index contributed by atoms with van der Waals surface area (Å²) in [4.78, 5) is 12.8. The fourth-order valence-corrected chi connectivity index (χ4v) is 3.96. The molecule has 0 unspecified atom stereocenters. The van der Waals surface area contributed by atoms with Crippen molar-refractivity contribution < 1.29 is 20.1 Å². The first-order chi connectivity index (χ1) is 18.3. The van der Waals surface area contributed by atoms with Crippen LogP contribution < -0.4 is 0 Å². The summed E-state index contributed by atoms with van der Waals surface area (Å²) in [6, 6.07) is 46.1. The van der Waals surface area contributed by atoms with Crippen LogP contribution in [0.4, 0.5) is 0 Å². The predicted octanol–water partition coefficient (Wildman–Crippen LogP) is 9.01. The van der Waals surface area contributed by atoms with Crippen LogP contribution >= 0.6 is 15.9 Å². The zero-order valence-corrected chi connectivity index (χ0v) is 24.5. The van der Waals surface area contributed by atoms with Gasteiger partial charge in [-0.25, -0.2) is 0 Å². The summed E-state index contributed by atoms with van der Waals surface area (Å²) < 4.78 is 1.08. The third-order valence-electron chi connectivity index (χ3n) is 5.28. The van der Waals surface area contributed by atoms with E-state index in [2.05, 4.69) is 55.1 Å². The smallest absolute Gasteiger partial charge is 0.256 e. The summed E-state index contributed by atoms with van der Waals surface area (Å²) in [6.07, 6.45) is 5.42. The maximum Gasteiger partial charge on any atom is 3.00 e. The van der Waals surface area contributed by atoms with Crippen LogP contribution in [0, 0.1) is 0 Å². The van der Waals surface area contributed by atoms with Gasteiger partial charge in [-0.15, -0.1) is 0 Å². The quantitative estimate of drug-likeness (QED) is 0.182. The van der Waals surface area contributed by atoms with Crippen molar-refractivity contribution >= 4 is 15.9 Å². The molecule has 0 atom stereocenters. The van der Waals surface area contributed by atoms with Crippen LogP contribution in [0.3, 0.4) is 0 Å². The van der Waals surface area contributed by atoms with E-state index in [1.807, 2.05) is 128 Å². The molecule has 38 heavy (non-hydrogen) atoms. The molecule has 0 amide bonds. The van der Waals surface area contributed by atoms with E-state index in [1.165, 1.54) is 0 Å². The summed E-state index contributed by atoms with van der Waals surface area (Å²) in [5, 5.41) is 0. The Morgan fingerprint density at radius 3 is 1.13 bits per heavy atom. The van der Waals surface area contributed by atoms with Crippen LogP contribution in [0.1, 0.15) is 0 Å². The maximum absolute atomic E-state index is 4.28. The molecule has 3 aromatic heterocycles. The number of aromatic nitrogens is 3. The van der Waals surface area contributed by atoms with E-state index in [-0.39, 0.29) is 20.1 Å². The topological polar surface area (TPSA) is 38.7 Å². The minimum absolute atomic E-state index is 0. The molecule has 3 heterocycles. The first-order valence-electron chi connectivity index (χ1n) is 11.9. The van der Waals surface area contributed by atoms with E-state index < -0.39 is 0 Å². The van der Waals surface area contributed by atoms with Crippen molar-refractivity contribution in [3.63, 3.8) is 0 Å². The van der Waals surface area contributed by atoms with E-state index in [4.69, 9.17) is 0 Å². The average molecular weight is 737 g/mol. The van der Waals surface area contributed by atoms with Gasteiger partial charge < -0.3 is 0 Å². The molecule has 6 rings (SSSR count). The van der Waals surface area contributed by atoms with Crippen LogP contribution in [0.5, 0.6) is 0 Å². The molecule has 0 aliphatic heterocycles. The fourth-order valence-electron chi connectivity index (χ4n) is 3.48. The number of benzene rings is 3. The van der Waals surface area contributed by atoms with Gasteiger partial charge in [0.2, 0.25) is 0 Å². The Morgan fingerprint density at radius 2 is 0.737 bits per heavy atom. The Bertz CT molecular complexity index is 1300. The molecule has 3 nitrogen and oxygen atoms in total. The van der Waals surface area contributed by atoms with E-state index >= 15 is 0 Å². The molecular formula is C33H26BrIrN3+3. The second-order valence-corrected chi connectivity index (χ2v) is 8.71. The van der Waals surface area contributed by atoms with E-state index in [0.717, 1.165) is 38.2 Å². The Kier molecular flexibility index (Phi) is 12.2. The van der Waals surface area contributed by atoms with Crippen LogP contribution in [-0.2, 0) is 20.1 Å². The molecule has 3 aromatic carbocycles. The molecule has 6 aromatic rings. The summed E-state index contributed by atoms with van der Waals surface area (Å²) >= 11 is 3.49. The summed E-state index contributed by atoms with van der Waals surface area (Å²) in [6.45, 7) is 0. The van der Waals surface area contributed by atoms with E-state index in [9.17, 15) is 0 Å². The van der Waals surface area contributed by atoms with E-state index in [0.29, 0.717) is 0 Å². The van der Waals surface area contributed by atoms with Gasteiger partial charge in [-0.1, -0.05) is 113 Å². The molecule has 0 spiro atoms. The van der Waals surface area contributed by atoms with Gasteiger partial charge in [0.25, 0.3) is 0 Å². The molecule has 0 saturated heterocycles. The minimum atomic E-state index is 0. The predicted molar refractivity (Wildman–Crippen MR) is 157 cm³/mol. The van der Waals surface area contributed by atoms with Gasteiger partial charge in [-0.3, -0.25) is 15.0 Å². The Labute approximate surface area is 246 Å². The molecule has 5 heteroatoms. The number of halogens is 1. The second kappa shape index (κ2) is 16.2. The molecule has 0 radical (unpaired) electrons. The molecular weight excluding hydrogens is 711 g/mol. The molecule has 0 fully saturated rings. The monoisotopic (exact) mass is 736 g/mol. The van der Waals surface area contributed by atoms with Crippen molar-refractivity contribution in [1.29, 1.82) is 0 Å². The van der Waals surface area contributed by atoms with Gasteiger partial charge in [-0.05, 0) is 42.5 Å². The largest absolute Gasteiger partial charge is 3.00 e. The van der Waals surface area contributed by atoms with Crippen LogP contribution in [-0.4, -0.2) is 15.0 Å². The number of nitrogens with zero attached hydrogens (tertiary/aromatic N) is 3. The van der Waals surface area contributed by atoms with Gasteiger partial charge in [0.05, 0.1) is 17.1 Å². The van der Waals surface area contributed by atoms with Crippen molar-refractivity contribution in [2.45, 2.75) is 0 Å². The van der Waals surface area contributed by atoms with Crippen molar-refractivity contribution in [2.75, 3.05) is 0 Å². The summed E-state index contributed by atoms with van der Waals surface area (Å²) in [5.74, 6) is 0. The molecule has 0 saturated carbocycles. The average Bonchev–Trinajstić information content (AvgIpc) is 3.00. The Morgan fingerprint density at radius 1 is 0.368 bits per heavy atom. The zero-order chi connectivity index (χ0) is 25.5. The fraction of sp³-hybridized carbons (Fsp3) is 0. The normalized spacial score (nSPS) is 9.50. The third-order valence-corrected chi connectivity index (χ3v) is 5.98. The first-order valence-corrected chi connectivity index (χ1v) is 12.7. The van der Waals surface area contributed by atoms with Crippen molar-refractivity contribution in [3.05, 3.63) is 163 Å². The van der Waals surface area contributed by atoms with Crippen molar-refractivity contribution in [1.82, 2.24) is 15.0 Å². The maximum atomic E-state index is 4.28. The van der Waals surface area contributed by atoms with E-state index in [1.54, 1.807) is 6.20 Å². The van der Waals surface area contributed by atoms with Gasteiger partial charge in [-0.2, -0.15) is 0 Å². The van der Waals surface area contributed by atoms with Gasteiger partial charge in [0.1, 0.15) is 0 Å². The molecule has 0 aliphatic carbocycles. The first kappa shape index (κ1) is 28.8. The van der Waals surface area contributed by atoms with Gasteiger partial charge >= 0.3 is 20.1 Å². The molecule has 0 bridgehead atoms. The van der Waals surface area contributed by atoms with Crippen LogP contribution in [0.15, 0.2) is 163 Å². The number of hydrogen-bond donors (Lipinski definition) is 0. The second-order valence-electron chi connectivity index (χ2n) is 7.86. The standard InChI is InChI=1S/C11H8BrN.2C11H9N.Ir/c12-10-6-2-1-5-9(10)11-7-3-4-8-13-11;2*1-2-6-10(7-3-1)11-8-4-5-9-12-11;/h1-8H;2*1-9H;/q;;;+3. The minimum Gasteiger partial charge on any atom is -0.256 e. The Balaban J connectivity index is 0.000000156. The molecule has 0 N–H and O–H groups in total. The molecule has 0 aliphatic rings. The Hall–Kier alpha value is -3.76. The SMILES string of the molecule is Brc1ccccc1-c1ccccn1.[Ir+3].c1ccc(-c2ccccn2)cc1.c1ccc(-c2ccccn2)cc1. The number of hydrogen-bond acceptors (Lipinski definition) is 3. The van der Waals surface area contributed by atoms with Gasteiger partial charge in [0.15, 0.2) is 0 Å². The third kappa shape index (κ3) is 8.97. The van der Waals surface area contributed by atoms with Crippen LogP contribution in [0.25, 0.3) is 33.8 Å². The van der Waals surface area contributed by atoms with Crippen LogP contribution in [0.2, 0.25) is 0 Å². The summed E-state index contributed by atoms with van der Waals surface area (Å²) in [7, 11) is 0. The van der Waals surface area contributed by atoms with Gasteiger partial charge in [0, 0.05) is 39.8 Å². The number of rotatable bonds is 3.